The molecule has 3 unspecified atom stereocenters. The lowest BCUT2D eigenvalue weighted by Crippen LogP contribution is -2.48. The molecule has 17 heavy (non-hydrogen) atoms. The fourth-order valence-electron chi connectivity index (χ4n) is 2.49. The molecule has 1 N–H and O–H groups in total. The summed E-state index contributed by atoms with van der Waals surface area (Å²) in [5.41, 5.74) is 0. The molecule has 3 atom stereocenters. The highest BCUT2D eigenvalue weighted by Crippen LogP contribution is 2.21. The van der Waals surface area contributed by atoms with E-state index in [4.69, 9.17) is 4.74 Å². The van der Waals surface area contributed by atoms with Gasteiger partial charge in [0, 0.05) is 12.6 Å². The lowest BCUT2D eigenvalue weighted by atomic mass is 9.87. The summed E-state index contributed by atoms with van der Waals surface area (Å²) in [6.07, 6.45) is 4.06. The van der Waals surface area contributed by atoms with Crippen molar-refractivity contribution in [3.05, 3.63) is 0 Å². The van der Waals surface area contributed by atoms with E-state index in [1.165, 1.54) is 19.3 Å². The van der Waals surface area contributed by atoms with Crippen molar-refractivity contribution >= 4 is 0 Å². The zero-order valence-electron chi connectivity index (χ0n) is 12.8. The van der Waals surface area contributed by atoms with Crippen LogP contribution in [-0.2, 0) is 4.74 Å². The smallest absolute Gasteiger partial charge is 0.0753 e. The molecule has 0 saturated carbocycles. The minimum atomic E-state index is 0.341. The van der Waals surface area contributed by atoms with E-state index in [1.807, 2.05) is 0 Å². The highest BCUT2D eigenvalue weighted by Gasteiger charge is 2.28. The van der Waals surface area contributed by atoms with Crippen molar-refractivity contribution in [1.29, 1.82) is 0 Å². The first-order chi connectivity index (χ1) is 8.08. The summed E-state index contributed by atoms with van der Waals surface area (Å²) in [5.74, 6) is 1.26. The van der Waals surface area contributed by atoms with Gasteiger partial charge in [-0.15, -0.1) is 0 Å². The Morgan fingerprint density at radius 1 is 1.00 bits per heavy atom. The molecule has 0 fully saturated rings. The van der Waals surface area contributed by atoms with Crippen LogP contribution in [0.15, 0.2) is 0 Å². The second-order valence-corrected chi connectivity index (χ2v) is 5.41. The molecule has 0 heterocycles. The first-order valence-electron chi connectivity index (χ1n) is 7.43. The Hall–Kier alpha value is -0.0800. The number of hydrogen-bond acceptors (Lipinski definition) is 2. The van der Waals surface area contributed by atoms with E-state index in [2.05, 4.69) is 46.9 Å². The molecule has 0 radical (unpaired) electrons. The molecule has 0 aliphatic rings. The van der Waals surface area contributed by atoms with Gasteiger partial charge in [0.1, 0.15) is 0 Å². The summed E-state index contributed by atoms with van der Waals surface area (Å²) < 4.78 is 5.97. The number of hydrogen-bond donors (Lipinski definition) is 1. The molecule has 0 amide bonds. The predicted molar refractivity (Wildman–Crippen MR) is 76.4 cm³/mol. The Labute approximate surface area is 109 Å². The van der Waals surface area contributed by atoms with Gasteiger partial charge in [0.2, 0.25) is 0 Å². The fourth-order valence-corrected chi connectivity index (χ4v) is 2.49. The summed E-state index contributed by atoms with van der Waals surface area (Å²) in [5, 5.41) is 3.70. The van der Waals surface area contributed by atoms with Crippen LogP contribution in [0, 0.1) is 11.8 Å². The van der Waals surface area contributed by atoms with Crippen molar-refractivity contribution in [2.75, 3.05) is 13.2 Å². The topological polar surface area (TPSA) is 21.3 Å². The molecular formula is C15H33NO. The molecular weight excluding hydrogens is 210 g/mol. The Morgan fingerprint density at radius 2 is 1.65 bits per heavy atom. The average molecular weight is 243 g/mol. The van der Waals surface area contributed by atoms with Gasteiger partial charge in [-0.1, -0.05) is 41.0 Å². The van der Waals surface area contributed by atoms with Crippen LogP contribution in [0.2, 0.25) is 0 Å². The van der Waals surface area contributed by atoms with E-state index in [-0.39, 0.29) is 0 Å². The Balaban J connectivity index is 4.58. The third kappa shape index (κ3) is 6.42. The first-order valence-corrected chi connectivity index (χ1v) is 7.43. The maximum Gasteiger partial charge on any atom is 0.0753 e. The summed E-state index contributed by atoms with van der Waals surface area (Å²) in [4.78, 5) is 0. The third-order valence-electron chi connectivity index (χ3n) is 3.36. The zero-order chi connectivity index (χ0) is 13.3. The van der Waals surface area contributed by atoms with Crippen molar-refractivity contribution in [3.63, 3.8) is 0 Å². The molecule has 0 aliphatic carbocycles. The molecule has 0 aromatic rings. The molecule has 0 rings (SSSR count). The molecule has 0 saturated heterocycles. The minimum Gasteiger partial charge on any atom is -0.377 e. The van der Waals surface area contributed by atoms with Crippen molar-refractivity contribution in [2.24, 2.45) is 11.8 Å². The van der Waals surface area contributed by atoms with Gasteiger partial charge < -0.3 is 10.1 Å². The Kier molecular flexibility index (Phi) is 9.85. The van der Waals surface area contributed by atoms with Gasteiger partial charge in [-0.2, -0.15) is 0 Å². The highest BCUT2D eigenvalue weighted by atomic mass is 16.5. The summed E-state index contributed by atoms with van der Waals surface area (Å²) in [6, 6.07) is 0.495. The van der Waals surface area contributed by atoms with Crippen LogP contribution in [-0.4, -0.2) is 25.3 Å². The second-order valence-electron chi connectivity index (χ2n) is 5.41. The quantitative estimate of drug-likeness (QED) is 0.629. The van der Waals surface area contributed by atoms with Gasteiger partial charge in [-0.3, -0.25) is 0 Å². The van der Waals surface area contributed by atoms with E-state index in [9.17, 15) is 0 Å². The van der Waals surface area contributed by atoms with Gasteiger partial charge >= 0.3 is 0 Å². The number of nitrogens with one attached hydrogen (secondary N) is 1. The number of ether oxygens (including phenoxy) is 1. The van der Waals surface area contributed by atoms with Crippen LogP contribution in [0.1, 0.15) is 60.8 Å². The molecule has 0 aliphatic heterocycles. The second kappa shape index (κ2) is 9.90. The van der Waals surface area contributed by atoms with E-state index in [1.54, 1.807) is 0 Å². The van der Waals surface area contributed by atoms with Crippen LogP contribution in [0.3, 0.4) is 0 Å². The first kappa shape index (κ1) is 16.9. The van der Waals surface area contributed by atoms with Crippen LogP contribution >= 0.6 is 0 Å². The Morgan fingerprint density at radius 3 is 2.06 bits per heavy atom. The van der Waals surface area contributed by atoms with Crippen LogP contribution in [0.4, 0.5) is 0 Å². The van der Waals surface area contributed by atoms with E-state index in [0.717, 1.165) is 13.2 Å². The maximum absolute atomic E-state index is 5.97. The average Bonchev–Trinajstić information content (AvgIpc) is 2.28. The molecule has 0 bridgehead atoms. The Bertz CT molecular complexity index is 170. The van der Waals surface area contributed by atoms with Gasteiger partial charge in [-0.25, -0.2) is 0 Å². The van der Waals surface area contributed by atoms with Gasteiger partial charge in [0.15, 0.2) is 0 Å². The van der Waals surface area contributed by atoms with E-state index >= 15 is 0 Å². The van der Waals surface area contributed by atoms with Crippen molar-refractivity contribution < 1.29 is 4.74 Å². The van der Waals surface area contributed by atoms with Crippen LogP contribution in [0.5, 0.6) is 0 Å². The van der Waals surface area contributed by atoms with Crippen molar-refractivity contribution in [2.45, 2.75) is 73.0 Å². The zero-order valence-corrected chi connectivity index (χ0v) is 12.8. The molecule has 2 nitrogen and oxygen atoms in total. The van der Waals surface area contributed by atoms with Gasteiger partial charge in [-0.05, 0) is 38.1 Å². The summed E-state index contributed by atoms with van der Waals surface area (Å²) in [7, 11) is 0. The fraction of sp³-hybridized carbons (Fsp3) is 1.00. The monoisotopic (exact) mass is 243 g/mol. The SMILES string of the molecule is CCCNC(C(C)CCC)C(OCC)C(C)C. The van der Waals surface area contributed by atoms with Crippen LogP contribution < -0.4 is 5.32 Å². The summed E-state index contributed by atoms with van der Waals surface area (Å²) >= 11 is 0. The van der Waals surface area contributed by atoms with Gasteiger partial charge in [0.05, 0.1) is 6.10 Å². The highest BCUT2D eigenvalue weighted by molar-refractivity contribution is 4.84. The van der Waals surface area contributed by atoms with Gasteiger partial charge in [0.25, 0.3) is 0 Å². The minimum absolute atomic E-state index is 0.341. The molecule has 104 valence electrons. The normalized spacial score (nSPS) is 17.1. The van der Waals surface area contributed by atoms with Crippen LogP contribution in [0.25, 0.3) is 0 Å². The lowest BCUT2D eigenvalue weighted by molar-refractivity contribution is -0.0109. The van der Waals surface area contributed by atoms with E-state index < -0.39 is 0 Å². The third-order valence-corrected chi connectivity index (χ3v) is 3.36. The van der Waals surface area contributed by atoms with Crippen molar-refractivity contribution in [3.8, 4) is 0 Å². The largest absolute Gasteiger partial charge is 0.377 e. The standard InChI is InChI=1S/C15H33NO/c1-7-10-13(6)14(16-11-8-2)15(12(4)5)17-9-3/h12-16H,7-11H2,1-6H3. The number of rotatable bonds is 10. The molecule has 0 spiro atoms. The van der Waals surface area contributed by atoms with E-state index in [0.29, 0.717) is 24.0 Å². The van der Waals surface area contributed by atoms with Crippen molar-refractivity contribution in [1.82, 2.24) is 5.32 Å². The predicted octanol–water partition coefficient (Wildman–Crippen LogP) is 3.85. The lowest BCUT2D eigenvalue weighted by Gasteiger charge is -2.35. The molecule has 2 heteroatoms. The molecule has 0 aromatic carbocycles. The molecule has 0 aromatic heterocycles. The summed E-state index contributed by atoms with van der Waals surface area (Å²) in [6.45, 7) is 15.4. The maximum atomic E-state index is 5.97.